The van der Waals surface area contributed by atoms with Gasteiger partial charge < -0.3 is 5.73 Å². The summed E-state index contributed by atoms with van der Waals surface area (Å²) in [5.41, 5.74) is 5.17. The van der Waals surface area contributed by atoms with Crippen molar-refractivity contribution in [2.75, 3.05) is 13.1 Å². The van der Waals surface area contributed by atoms with E-state index in [0.29, 0.717) is 0 Å². The van der Waals surface area contributed by atoms with Crippen molar-refractivity contribution in [1.82, 2.24) is 9.71 Å². The standard InChI is InChI=1S/C7H10ClN3O2S/c8-7-2-1-6(5-10-7)14(12,13)11-4-3-9/h1-2,5,11H,3-4,9H2. The summed E-state index contributed by atoms with van der Waals surface area (Å²) >= 11 is 5.52. The third kappa shape index (κ3) is 2.91. The molecule has 0 saturated heterocycles. The summed E-state index contributed by atoms with van der Waals surface area (Å²) in [7, 11) is -3.49. The Kier molecular flexibility index (Phi) is 3.82. The van der Waals surface area contributed by atoms with Gasteiger partial charge in [-0.3, -0.25) is 0 Å². The van der Waals surface area contributed by atoms with Gasteiger partial charge in [-0.05, 0) is 12.1 Å². The quantitative estimate of drug-likeness (QED) is 0.718. The van der Waals surface area contributed by atoms with E-state index in [4.69, 9.17) is 17.3 Å². The molecule has 0 fully saturated rings. The molecule has 0 aliphatic heterocycles. The molecule has 0 saturated carbocycles. The van der Waals surface area contributed by atoms with Gasteiger partial charge in [0.05, 0.1) is 0 Å². The zero-order chi connectivity index (χ0) is 10.6. The summed E-state index contributed by atoms with van der Waals surface area (Å²) in [5.74, 6) is 0. The highest BCUT2D eigenvalue weighted by Crippen LogP contribution is 2.09. The Hall–Kier alpha value is -0.690. The van der Waals surface area contributed by atoms with Crippen LogP contribution in [0.5, 0.6) is 0 Å². The summed E-state index contributed by atoms with van der Waals surface area (Å²) in [4.78, 5) is 3.75. The van der Waals surface area contributed by atoms with Gasteiger partial charge in [0.2, 0.25) is 10.0 Å². The molecule has 1 aromatic heterocycles. The summed E-state index contributed by atoms with van der Waals surface area (Å²) < 4.78 is 25.2. The van der Waals surface area contributed by atoms with Gasteiger partial charge in [-0.1, -0.05) is 11.6 Å². The highest BCUT2D eigenvalue weighted by molar-refractivity contribution is 7.89. The smallest absolute Gasteiger partial charge is 0.242 e. The number of rotatable bonds is 4. The monoisotopic (exact) mass is 235 g/mol. The van der Waals surface area contributed by atoms with E-state index >= 15 is 0 Å². The summed E-state index contributed by atoms with van der Waals surface area (Å²) in [6, 6.07) is 2.80. The Morgan fingerprint density at radius 3 is 2.71 bits per heavy atom. The first kappa shape index (κ1) is 11.4. The van der Waals surface area contributed by atoms with E-state index in [0.717, 1.165) is 0 Å². The number of sulfonamides is 1. The number of nitrogens with zero attached hydrogens (tertiary/aromatic N) is 1. The Morgan fingerprint density at radius 1 is 1.50 bits per heavy atom. The highest BCUT2D eigenvalue weighted by atomic mass is 35.5. The molecule has 0 bridgehead atoms. The molecule has 3 N–H and O–H groups in total. The third-order valence-electron chi connectivity index (χ3n) is 1.45. The SMILES string of the molecule is NCCNS(=O)(=O)c1ccc(Cl)nc1. The molecule has 0 aliphatic carbocycles. The van der Waals surface area contributed by atoms with E-state index in [1.165, 1.54) is 18.3 Å². The summed E-state index contributed by atoms with van der Waals surface area (Å²) in [6.45, 7) is 0.450. The largest absolute Gasteiger partial charge is 0.329 e. The van der Waals surface area contributed by atoms with Crippen LogP contribution in [0.25, 0.3) is 0 Å². The molecule has 0 spiro atoms. The molecule has 7 heteroatoms. The van der Waals surface area contributed by atoms with Crippen LogP contribution in [0.4, 0.5) is 0 Å². The minimum atomic E-state index is -3.49. The van der Waals surface area contributed by atoms with Gasteiger partial charge in [-0.15, -0.1) is 0 Å². The van der Waals surface area contributed by atoms with Crippen molar-refractivity contribution < 1.29 is 8.42 Å². The minimum Gasteiger partial charge on any atom is -0.329 e. The lowest BCUT2D eigenvalue weighted by Gasteiger charge is -2.04. The molecule has 0 atom stereocenters. The molecule has 1 rings (SSSR count). The topological polar surface area (TPSA) is 85.1 Å². The lowest BCUT2D eigenvalue weighted by Crippen LogP contribution is -2.29. The van der Waals surface area contributed by atoms with Crippen LogP contribution < -0.4 is 10.5 Å². The fourth-order valence-corrected chi connectivity index (χ4v) is 1.90. The zero-order valence-corrected chi connectivity index (χ0v) is 8.85. The van der Waals surface area contributed by atoms with Gasteiger partial charge in [0.15, 0.2) is 0 Å². The fraction of sp³-hybridized carbons (Fsp3) is 0.286. The number of halogens is 1. The van der Waals surface area contributed by atoms with E-state index in [1.807, 2.05) is 0 Å². The normalized spacial score (nSPS) is 11.6. The molecule has 5 nitrogen and oxygen atoms in total. The van der Waals surface area contributed by atoms with Gasteiger partial charge >= 0.3 is 0 Å². The summed E-state index contributed by atoms with van der Waals surface area (Å²) in [5, 5.41) is 0.253. The van der Waals surface area contributed by atoms with Crippen LogP contribution >= 0.6 is 11.6 Å². The van der Waals surface area contributed by atoms with Crippen LogP contribution in [0.15, 0.2) is 23.2 Å². The van der Waals surface area contributed by atoms with Crippen molar-refractivity contribution in [3.63, 3.8) is 0 Å². The van der Waals surface area contributed by atoms with Gasteiger partial charge in [0, 0.05) is 19.3 Å². The van der Waals surface area contributed by atoms with Crippen molar-refractivity contribution in [2.24, 2.45) is 5.73 Å². The highest BCUT2D eigenvalue weighted by Gasteiger charge is 2.12. The zero-order valence-electron chi connectivity index (χ0n) is 7.27. The van der Waals surface area contributed by atoms with Gasteiger partial charge in [-0.2, -0.15) is 0 Å². The Labute approximate surface area is 87.3 Å². The predicted molar refractivity (Wildman–Crippen MR) is 53.5 cm³/mol. The Morgan fingerprint density at radius 2 is 2.21 bits per heavy atom. The lowest BCUT2D eigenvalue weighted by molar-refractivity contribution is 0.582. The maximum absolute atomic E-state index is 11.5. The molecule has 0 radical (unpaired) electrons. The van der Waals surface area contributed by atoms with Gasteiger partial charge in [0.25, 0.3) is 0 Å². The van der Waals surface area contributed by atoms with Gasteiger partial charge in [-0.25, -0.2) is 18.1 Å². The Balaban J connectivity index is 2.87. The van der Waals surface area contributed by atoms with Crippen molar-refractivity contribution >= 4 is 21.6 Å². The Bertz CT molecular complexity index is 390. The van der Waals surface area contributed by atoms with Crippen molar-refractivity contribution in [1.29, 1.82) is 0 Å². The predicted octanol–water partition coefficient (Wildman–Crippen LogP) is -0.0280. The molecule has 0 amide bonds. The number of aromatic nitrogens is 1. The van der Waals surface area contributed by atoms with Crippen LogP contribution in [0, 0.1) is 0 Å². The van der Waals surface area contributed by atoms with E-state index < -0.39 is 10.0 Å². The first-order chi connectivity index (χ1) is 6.56. The first-order valence-corrected chi connectivity index (χ1v) is 5.73. The van der Waals surface area contributed by atoms with E-state index in [1.54, 1.807) is 0 Å². The maximum Gasteiger partial charge on any atom is 0.242 e. The number of nitrogens with one attached hydrogen (secondary N) is 1. The second-order valence-corrected chi connectivity index (χ2v) is 4.66. The molecule has 1 aromatic rings. The molecule has 78 valence electrons. The van der Waals surface area contributed by atoms with E-state index in [9.17, 15) is 8.42 Å². The number of nitrogens with two attached hydrogens (primary N) is 1. The molecular weight excluding hydrogens is 226 g/mol. The van der Waals surface area contributed by atoms with Crippen molar-refractivity contribution in [3.8, 4) is 0 Å². The average Bonchev–Trinajstić information content (AvgIpc) is 2.16. The third-order valence-corrected chi connectivity index (χ3v) is 3.12. The molecule has 1 heterocycles. The molecule has 0 aliphatic rings. The van der Waals surface area contributed by atoms with Crippen LogP contribution in [0.3, 0.4) is 0 Å². The second-order valence-electron chi connectivity index (χ2n) is 2.50. The fourth-order valence-electron chi connectivity index (χ4n) is 0.798. The number of pyridine rings is 1. The molecule has 0 aromatic carbocycles. The van der Waals surface area contributed by atoms with Crippen molar-refractivity contribution in [2.45, 2.75) is 4.90 Å². The van der Waals surface area contributed by atoms with Gasteiger partial charge in [0.1, 0.15) is 10.0 Å². The van der Waals surface area contributed by atoms with E-state index in [-0.39, 0.29) is 23.1 Å². The van der Waals surface area contributed by atoms with Crippen LogP contribution in [0.1, 0.15) is 0 Å². The van der Waals surface area contributed by atoms with Crippen LogP contribution in [0.2, 0.25) is 5.15 Å². The molecular formula is C7H10ClN3O2S. The first-order valence-electron chi connectivity index (χ1n) is 3.87. The van der Waals surface area contributed by atoms with Crippen LogP contribution in [-0.2, 0) is 10.0 Å². The van der Waals surface area contributed by atoms with Crippen molar-refractivity contribution in [3.05, 3.63) is 23.5 Å². The molecule has 14 heavy (non-hydrogen) atoms. The van der Waals surface area contributed by atoms with Crippen LogP contribution in [-0.4, -0.2) is 26.5 Å². The summed E-state index contributed by atoms with van der Waals surface area (Å²) in [6.07, 6.45) is 1.20. The number of hydrogen-bond donors (Lipinski definition) is 2. The minimum absolute atomic E-state index is 0.0790. The maximum atomic E-state index is 11.5. The molecule has 0 unspecified atom stereocenters. The number of hydrogen-bond acceptors (Lipinski definition) is 4. The van der Waals surface area contributed by atoms with E-state index in [2.05, 4.69) is 9.71 Å². The lowest BCUT2D eigenvalue weighted by atomic mass is 10.5. The average molecular weight is 236 g/mol. The second kappa shape index (κ2) is 4.70.